The summed E-state index contributed by atoms with van der Waals surface area (Å²) in [6.45, 7) is 3.72. The summed E-state index contributed by atoms with van der Waals surface area (Å²) in [6, 6.07) is 14.6. The first-order valence-electron chi connectivity index (χ1n) is 11.6. The molecule has 34 heavy (non-hydrogen) atoms. The largest absolute Gasteiger partial charge is 0.481 e. The van der Waals surface area contributed by atoms with Crippen LogP contribution in [-0.2, 0) is 19.1 Å². The van der Waals surface area contributed by atoms with Crippen LogP contribution in [0.3, 0.4) is 0 Å². The Labute approximate surface area is 198 Å². The first-order valence-corrected chi connectivity index (χ1v) is 11.6. The molecule has 0 radical (unpaired) electrons. The van der Waals surface area contributed by atoms with E-state index in [1.807, 2.05) is 43.3 Å². The minimum atomic E-state index is -1.21. The van der Waals surface area contributed by atoms with Crippen molar-refractivity contribution < 1.29 is 29.0 Å². The van der Waals surface area contributed by atoms with Gasteiger partial charge in [-0.3, -0.25) is 9.59 Å². The maximum absolute atomic E-state index is 12.9. The summed E-state index contributed by atoms with van der Waals surface area (Å²) in [5, 5.41) is 14.9. The minimum Gasteiger partial charge on any atom is -0.481 e. The Bertz CT molecular complexity index is 1040. The fourth-order valence-electron chi connectivity index (χ4n) is 4.70. The van der Waals surface area contributed by atoms with Crippen molar-refractivity contribution in [1.29, 1.82) is 0 Å². The van der Waals surface area contributed by atoms with Crippen molar-refractivity contribution in [3.63, 3.8) is 0 Å². The Morgan fingerprint density at radius 2 is 1.74 bits per heavy atom. The van der Waals surface area contributed by atoms with Crippen LogP contribution in [0.2, 0.25) is 0 Å². The first-order chi connectivity index (χ1) is 16.3. The third-order valence-corrected chi connectivity index (χ3v) is 6.79. The van der Waals surface area contributed by atoms with Gasteiger partial charge in [-0.25, -0.2) is 4.79 Å². The van der Waals surface area contributed by atoms with E-state index in [4.69, 9.17) is 9.47 Å². The van der Waals surface area contributed by atoms with E-state index in [0.29, 0.717) is 12.8 Å². The van der Waals surface area contributed by atoms with E-state index in [1.165, 1.54) is 0 Å². The van der Waals surface area contributed by atoms with Crippen molar-refractivity contribution in [2.45, 2.75) is 44.7 Å². The Morgan fingerprint density at radius 3 is 2.32 bits per heavy atom. The van der Waals surface area contributed by atoms with Gasteiger partial charge in [-0.1, -0.05) is 61.9 Å². The van der Waals surface area contributed by atoms with Crippen molar-refractivity contribution in [2.75, 3.05) is 19.8 Å². The van der Waals surface area contributed by atoms with E-state index in [-0.39, 0.29) is 25.7 Å². The van der Waals surface area contributed by atoms with Gasteiger partial charge in [-0.05, 0) is 35.6 Å². The van der Waals surface area contributed by atoms with Gasteiger partial charge < -0.3 is 25.2 Å². The molecule has 1 aliphatic heterocycles. The SMILES string of the molecule is CCC[C@H](NC(=O)OCC1c2ccccc2-c2ccccc21)C(=O)NC1COCC1(C)C(=O)O. The van der Waals surface area contributed by atoms with Gasteiger partial charge in [0.2, 0.25) is 5.91 Å². The lowest BCUT2D eigenvalue weighted by Crippen LogP contribution is -2.55. The second-order valence-corrected chi connectivity index (χ2v) is 9.11. The van der Waals surface area contributed by atoms with Gasteiger partial charge in [0.15, 0.2) is 0 Å². The lowest BCUT2D eigenvalue weighted by molar-refractivity contribution is -0.149. The lowest BCUT2D eigenvalue weighted by Gasteiger charge is -2.27. The molecule has 4 rings (SSSR count). The van der Waals surface area contributed by atoms with Crippen LogP contribution in [0.4, 0.5) is 4.79 Å². The number of carbonyl (C=O) groups excluding carboxylic acids is 2. The van der Waals surface area contributed by atoms with Gasteiger partial charge in [0.25, 0.3) is 0 Å². The van der Waals surface area contributed by atoms with E-state index in [0.717, 1.165) is 22.3 Å². The normalized spacial score (nSPS) is 21.9. The van der Waals surface area contributed by atoms with Crippen molar-refractivity contribution in [2.24, 2.45) is 5.41 Å². The highest BCUT2D eigenvalue weighted by Crippen LogP contribution is 2.44. The van der Waals surface area contributed by atoms with Crippen LogP contribution in [0.15, 0.2) is 48.5 Å². The van der Waals surface area contributed by atoms with E-state index in [1.54, 1.807) is 6.92 Å². The predicted molar refractivity (Wildman–Crippen MR) is 125 cm³/mol. The van der Waals surface area contributed by atoms with Crippen LogP contribution in [0.1, 0.15) is 43.7 Å². The summed E-state index contributed by atoms with van der Waals surface area (Å²) in [7, 11) is 0. The van der Waals surface area contributed by atoms with Gasteiger partial charge in [0.05, 0.1) is 19.3 Å². The fourth-order valence-corrected chi connectivity index (χ4v) is 4.70. The lowest BCUT2D eigenvalue weighted by atomic mass is 9.85. The van der Waals surface area contributed by atoms with Crippen LogP contribution in [0, 0.1) is 5.41 Å². The van der Waals surface area contributed by atoms with Crippen molar-refractivity contribution in [3.05, 3.63) is 59.7 Å². The topological polar surface area (TPSA) is 114 Å². The molecule has 180 valence electrons. The van der Waals surface area contributed by atoms with Crippen molar-refractivity contribution in [1.82, 2.24) is 10.6 Å². The van der Waals surface area contributed by atoms with Gasteiger partial charge in [-0.15, -0.1) is 0 Å². The zero-order valence-electron chi connectivity index (χ0n) is 19.4. The zero-order valence-corrected chi connectivity index (χ0v) is 19.4. The minimum absolute atomic E-state index is 0.0194. The van der Waals surface area contributed by atoms with E-state index in [2.05, 4.69) is 22.8 Å². The molecule has 3 N–H and O–H groups in total. The molecular formula is C26H30N2O6. The number of fused-ring (bicyclic) bond motifs is 3. The smallest absolute Gasteiger partial charge is 0.407 e. The second-order valence-electron chi connectivity index (χ2n) is 9.11. The summed E-state index contributed by atoms with van der Waals surface area (Å²) >= 11 is 0. The molecule has 1 heterocycles. The highest BCUT2D eigenvalue weighted by molar-refractivity contribution is 5.87. The van der Waals surface area contributed by atoms with E-state index < -0.39 is 35.5 Å². The third kappa shape index (κ3) is 4.50. The molecular weight excluding hydrogens is 436 g/mol. The highest BCUT2D eigenvalue weighted by Gasteiger charge is 2.47. The number of hydrogen-bond donors (Lipinski definition) is 3. The van der Waals surface area contributed by atoms with Crippen LogP contribution in [0.25, 0.3) is 11.1 Å². The molecule has 8 heteroatoms. The number of nitrogens with one attached hydrogen (secondary N) is 2. The number of hydrogen-bond acceptors (Lipinski definition) is 5. The third-order valence-electron chi connectivity index (χ3n) is 6.79. The molecule has 8 nitrogen and oxygen atoms in total. The number of amides is 2. The monoisotopic (exact) mass is 466 g/mol. The zero-order chi connectivity index (χ0) is 24.3. The summed E-state index contributed by atoms with van der Waals surface area (Å²) < 4.78 is 10.9. The molecule has 0 spiro atoms. The number of alkyl carbamates (subject to hydrolysis) is 1. The summed E-state index contributed by atoms with van der Waals surface area (Å²) in [4.78, 5) is 37.2. The van der Waals surface area contributed by atoms with Crippen molar-refractivity contribution >= 4 is 18.0 Å². The Morgan fingerprint density at radius 1 is 1.12 bits per heavy atom. The van der Waals surface area contributed by atoms with Crippen LogP contribution < -0.4 is 10.6 Å². The predicted octanol–water partition coefficient (Wildman–Crippen LogP) is 3.30. The molecule has 1 aliphatic carbocycles. The van der Waals surface area contributed by atoms with E-state index >= 15 is 0 Å². The molecule has 0 aromatic heterocycles. The average Bonchev–Trinajstić information content (AvgIpc) is 3.36. The molecule has 0 bridgehead atoms. The molecule has 1 saturated heterocycles. The quantitative estimate of drug-likeness (QED) is 0.550. The molecule has 3 atom stereocenters. The number of carboxylic acids is 1. The molecule has 1 fully saturated rings. The maximum Gasteiger partial charge on any atom is 0.407 e. The van der Waals surface area contributed by atoms with Gasteiger partial charge in [0.1, 0.15) is 18.1 Å². The second kappa shape index (κ2) is 9.85. The Kier molecular flexibility index (Phi) is 6.88. The number of rotatable bonds is 8. The van der Waals surface area contributed by atoms with Gasteiger partial charge >= 0.3 is 12.1 Å². The number of carbonyl (C=O) groups is 3. The van der Waals surface area contributed by atoms with Crippen LogP contribution in [0.5, 0.6) is 0 Å². The number of carboxylic acid groups (broad SMARTS) is 1. The molecule has 2 aromatic rings. The van der Waals surface area contributed by atoms with Crippen molar-refractivity contribution in [3.8, 4) is 11.1 Å². The molecule has 2 aliphatic rings. The molecule has 0 saturated carbocycles. The Balaban J connectivity index is 1.39. The maximum atomic E-state index is 12.9. The summed E-state index contributed by atoms with van der Waals surface area (Å²) in [5.74, 6) is -1.56. The Hall–Kier alpha value is -3.39. The molecule has 2 aromatic carbocycles. The number of ether oxygens (including phenoxy) is 2. The van der Waals surface area contributed by atoms with Crippen LogP contribution >= 0.6 is 0 Å². The van der Waals surface area contributed by atoms with Gasteiger partial charge in [-0.2, -0.15) is 0 Å². The van der Waals surface area contributed by atoms with E-state index in [9.17, 15) is 19.5 Å². The fraction of sp³-hybridized carbons (Fsp3) is 0.423. The number of benzene rings is 2. The standard InChI is InChI=1S/C26H30N2O6/c1-3-8-21(23(29)28-22-14-33-15-26(22,2)24(30)31)27-25(32)34-13-20-18-11-6-4-9-16(18)17-10-5-7-12-19(17)20/h4-7,9-12,20-22H,3,8,13-15H2,1-2H3,(H,27,32)(H,28,29)(H,30,31)/t21-,22?,26?/m0/s1. The average molecular weight is 467 g/mol. The molecule has 2 amide bonds. The first kappa shape index (κ1) is 23.8. The van der Waals surface area contributed by atoms with Gasteiger partial charge in [0, 0.05) is 5.92 Å². The number of aliphatic carboxylic acids is 1. The molecule has 2 unspecified atom stereocenters. The summed E-state index contributed by atoms with van der Waals surface area (Å²) in [6.07, 6.45) is 0.367. The summed E-state index contributed by atoms with van der Waals surface area (Å²) in [5.41, 5.74) is 3.27. The highest BCUT2D eigenvalue weighted by atomic mass is 16.5. The van der Waals surface area contributed by atoms with Crippen LogP contribution in [-0.4, -0.2) is 55.0 Å².